The first kappa shape index (κ1) is 9.45. The number of alkyl halides is 2. The van der Waals surface area contributed by atoms with E-state index in [1.165, 1.54) is 0 Å². The van der Waals surface area contributed by atoms with Crippen LogP contribution < -0.4 is 5.32 Å². The SMILES string of the molecule is FC(F)Cn1nnnc1CNC1CC1. The third-order valence-corrected chi connectivity index (χ3v) is 2.04. The highest BCUT2D eigenvalue weighted by atomic mass is 19.3. The summed E-state index contributed by atoms with van der Waals surface area (Å²) >= 11 is 0. The minimum atomic E-state index is -2.42. The molecule has 2 rings (SSSR count). The van der Waals surface area contributed by atoms with Gasteiger partial charge in [0, 0.05) is 6.04 Å². The van der Waals surface area contributed by atoms with Gasteiger partial charge in [0.15, 0.2) is 5.82 Å². The Kier molecular flexibility index (Phi) is 2.67. The molecule has 0 amide bonds. The molecule has 5 nitrogen and oxygen atoms in total. The largest absolute Gasteiger partial charge is 0.307 e. The molecular weight excluding hydrogens is 192 g/mol. The molecule has 0 saturated heterocycles. The highest BCUT2D eigenvalue weighted by Gasteiger charge is 2.21. The van der Waals surface area contributed by atoms with E-state index in [0.717, 1.165) is 17.5 Å². The van der Waals surface area contributed by atoms with Crippen molar-refractivity contribution in [3.63, 3.8) is 0 Å². The molecule has 0 bridgehead atoms. The third-order valence-electron chi connectivity index (χ3n) is 2.04. The normalized spacial score (nSPS) is 16.5. The molecule has 0 aromatic carbocycles. The number of tetrazole rings is 1. The van der Waals surface area contributed by atoms with Gasteiger partial charge in [-0.2, -0.15) is 0 Å². The van der Waals surface area contributed by atoms with Gasteiger partial charge in [0.05, 0.1) is 6.54 Å². The third kappa shape index (κ3) is 2.44. The summed E-state index contributed by atoms with van der Waals surface area (Å²) in [5.41, 5.74) is 0. The smallest absolute Gasteiger partial charge is 0.258 e. The van der Waals surface area contributed by atoms with E-state index >= 15 is 0 Å². The molecule has 14 heavy (non-hydrogen) atoms. The van der Waals surface area contributed by atoms with Crippen LogP contribution >= 0.6 is 0 Å². The van der Waals surface area contributed by atoms with Gasteiger partial charge >= 0.3 is 0 Å². The predicted molar refractivity (Wildman–Crippen MR) is 43.7 cm³/mol. The van der Waals surface area contributed by atoms with E-state index in [4.69, 9.17) is 0 Å². The topological polar surface area (TPSA) is 55.6 Å². The van der Waals surface area contributed by atoms with Gasteiger partial charge in [-0.1, -0.05) is 0 Å². The molecule has 78 valence electrons. The van der Waals surface area contributed by atoms with E-state index in [2.05, 4.69) is 20.8 Å². The van der Waals surface area contributed by atoms with Crippen molar-refractivity contribution in [1.29, 1.82) is 0 Å². The van der Waals surface area contributed by atoms with Crippen LogP contribution in [0.25, 0.3) is 0 Å². The van der Waals surface area contributed by atoms with Crippen LogP contribution in [0.5, 0.6) is 0 Å². The number of nitrogens with one attached hydrogen (secondary N) is 1. The van der Waals surface area contributed by atoms with Gasteiger partial charge in [0.2, 0.25) is 0 Å². The van der Waals surface area contributed by atoms with E-state index < -0.39 is 13.0 Å². The summed E-state index contributed by atoms with van der Waals surface area (Å²) in [6.45, 7) is 0.0269. The molecule has 0 unspecified atom stereocenters. The monoisotopic (exact) mass is 203 g/mol. The van der Waals surface area contributed by atoms with E-state index in [1.54, 1.807) is 0 Å². The zero-order valence-electron chi connectivity index (χ0n) is 7.53. The Morgan fingerprint density at radius 1 is 1.50 bits per heavy atom. The number of aromatic nitrogens is 4. The van der Waals surface area contributed by atoms with Crippen LogP contribution in [0.4, 0.5) is 8.78 Å². The van der Waals surface area contributed by atoms with Crippen LogP contribution in [0.1, 0.15) is 18.7 Å². The first-order valence-electron chi connectivity index (χ1n) is 4.52. The van der Waals surface area contributed by atoms with Crippen LogP contribution in [0, 0.1) is 0 Å². The number of nitrogens with zero attached hydrogens (tertiary/aromatic N) is 4. The summed E-state index contributed by atoms with van der Waals surface area (Å²) in [6, 6.07) is 0.520. The first-order chi connectivity index (χ1) is 6.75. The van der Waals surface area contributed by atoms with Crippen LogP contribution in [0.15, 0.2) is 0 Å². The molecule has 1 N–H and O–H groups in total. The maximum atomic E-state index is 12.1. The lowest BCUT2D eigenvalue weighted by Crippen LogP contribution is -2.20. The van der Waals surface area contributed by atoms with E-state index in [9.17, 15) is 8.78 Å². The summed E-state index contributed by atoms with van der Waals surface area (Å²) in [5, 5.41) is 13.7. The Bertz CT molecular complexity index is 296. The Morgan fingerprint density at radius 2 is 2.29 bits per heavy atom. The van der Waals surface area contributed by atoms with Crippen molar-refractivity contribution in [2.75, 3.05) is 0 Å². The van der Waals surface area contributed by atoms with Crippen molar-refractivity contribution in [1.82, 2.24) is 25.5 Å². The fourth-order valence-electron chi connectivity index (χ4n) is 1.15. The summed E-state index contributed by atoms with van der Waals surface area (Å²) < 4.78 is 25.2. The summed E-state index contributed by atoms with van der Waals surface area (Å²) in [6.07, 6.45) is -0.120. The molecule has 0 aliphatic heterocycles. The van der Waals surface area contributed by atoms with Gasteiger partial charge < -0.3 is 5.32 Å². The van der Waals surface area contributed by atoms with E-state index in [1.807, 2.05) is 0 Å². The average molecular weight is 203 g/mol. The molecule has 1 aromatic rings. The number of hydrogen-bond donors (Lipinski definition) is 1. The Balaban J connectivity index is 1.90. The van der Waals surface area contributed by atoms with Crippen LogP contribution in [-0.2, 0) is 13.1 Å². The number of rotatable bonds is 5. The second-order valence-electron chi connectivity index (χ2n) is 3.32. The van der Waals surface area contributed by atoms with Crippen LogP contribution in [0.3, 0.4) is 0 Å². The molecular formula is C7H11F2N5. The molecule has 1 heterocycles. The van der Waals surface area contributed by atoms with Gasteiger partial charge in [-0.05, 0) is 23.3 Å². The maximum absolute atomic E-state index is 12.1. The fraction of sp³-hybridized carbons (Fsp3) is 0.857. The average Bonchev–Trinajstić information content (AvgIpc) is 2.85. The lowest BCUT2D eigenvalue weighted by molar-refractivity contribution is 0.119. The van der Waals surface area contributed by atoms with E-state index in [-0.39, 0.29) is 0 Å². The highest BCUT2D eigenvalue weighted by molar-refractivity contribution is 4.86. The second kappa shape index (κ2) is 3.95. The fourth-order valence-corrected chi connectivity index (χ4v) is 1.15. The highest BCUT2D eigenvalue weighted by Crippen LogP contribution is 2.18. The first-order valence-corrected chi connectivity index (χ1v) is 4.52. The van der Waals surface area contributed by atoms with Gasteiger partial charge in [-0.15, -0.1) is 5.10 Å². The number of halogens is 2. The van der Waals surface area contributed by atoms with Crippen LogP contribution in [-0.4, -0.2) is 32.7 Å². The molecule has 7 heteroatoms. The quantitative estimate of drug-likeness (QED) is 0.742. The van der Waals surface area contributed by atoms with Crippen molar-refractivity contribution in [2.24, 2.45) is 0 Å². The van der Waals surface area contributed by atoms with Crippen molar-refractivity contribution < 1.29 is 8.78 Å². The number of hydrogen-bond acceptors (Lipinski definition) is 4. The summed E-state index contributed by atoms with van der Waals surface area (Å²) in [5.74, 6) is 0.470. The lowest BCUT2D eigenvalue weighted by Gasteiger charge is -2.03. The Labute approximate surface area is 79.5 Å². The molecule has 1 aliphatic rings. The van der Waals surface area contributed by atoms with Gasteiger partial charge in [0.25, 0.3) is 6.43 Å². The van der Waals surface area contributed by atoms with Gasteiger partial charge in [-0.25, -0.2) is 13.5 Å². The lowest BCUT2D eigenvalue weighted by atomic mass is 10.5. The van der Waals surface area contributed by atoms with Crippen molar-refractivity contribution in [3.8, 4) is 0 Å². The Hall–Kier alpha value is -1.11. The zero-order valence-corrected chi connectivity index (χ0v) is 7.53. The minimum Gasteiger partial charge on any atom is -0.307 e. The molecule has 1 saturated carbocycles. The van der Waals surface area contributed by atoms with E-state index in [0.29, 0.717) is 18.4 Å². The molecule has 1 aromatic heterocycles. The molecule has 1 aliphatic carbocycles. The van der Waals surface area contributed by atoms with Gasteiger partial charge in [0.1, 0.15) is 6.54 Å². The second-order valence-corrected chi connectivity index (χ2v) is 3.32. The maximum Gasteiger partial charge on any atom is 0.258 e. The summed E-state index contributed by atoms with van der Waals surface area (Å²) in [4.78, 5) is 0. The van der Waals surface area contributed by atoms with Crippen molar-refractivity contribution in [2.45, 2.75) is 38.4 Å². The molecule has 0 radical (unpaired) electrons. The Morgan fingerprint density at radius 3 is 2.93 bits per heavy atom. The molecule has 0 atom stereocenters. The predicted octanol–water partition coefficient (Wildman–Crippen LogP) is 0.190. The minimum absolute atomic E-state index is 0.436. The van der Waals surface area contributed by atoms with Gasteiger partial charge in [-0.3, -0.25) is 0 Å². The molecule has 0 spiro atoms. The van der Waals surface area contributed by atoms with Crippen LogP contribution in [0.2, 0.25) is 0 Å². The van der Waals surface area contributed by atoms with Crippen molar-refractivity contribution in [3.05, 3.63) is 5.82 Å². The van der Waals surface area contributed by atoms with Crippen molar-refractivity contribution >= 4 is 0 Å². The zero-order chi connectivity index (χ0) is 9.97. The summed E-state index contributed by atoms with van der Waals surface area (Å²) in [7, 11) is 0. The standard InChI is InChI=1S/C7H11F2N5/c8-6(9)4-14-7(11-12-13-14)3-10-5-1-2-5/h5-6,10H,1-4H2. The molecule has 1 fully saturated rings.